The summed E-state index contributed by atoms with van der Waals surface area (Å²) >= 11 is 0. The number of hydrogen-bond acceptors (Lipinski definition) is 2. The number of nitrogens with zero attached hydrogens (tertiary/aromatic N) is 1. The molecule has 0 aromatic heterocycles. The van der Waals surface area contributed by atoms with Crippen LogP contribution >= 0.6 is 0 Å². The van der Waals surface area contributed by atoms with Crippen LogP contribution in [0, 0.1) is 17.1 Å². The van der Waals surface area contributed by atoms with Gasteiger partial charge in [0.1, 0.15) is 0 Å². The molecule has 3 nitrogen and oxygen atoms in total. The third-order valence-corrected chi connectivity index (χ3v) is 5.46. The zero-order valence-corrected chi connectivity index (χ0v) is 15.1. The van der Waals surface area contributed by atoms with Crippen LogP contribution < -0.4 is 5.32 Å². The first-order chi connectivity index (χ1) is 13.3. The van der Waals surface area contributed by atoms with E-state index in [1.807, 2.05) is 30.3 Å². The standard InChI is InChI=1S/C23H21BN2O/c25-15-24(14-17-8-9-17)23(20-6-3-7-22(13-20)26-16-27)21-11-10-18-4-1-2-5-19(18)12-21/h1-7,10-13,16-17,23H,8-9,14H2,(H,26,27). The summed E-state index contributed by atoms with van der Waals surface area (Å²) in [6.45, 7) is -0.0786. The van der Waals surface area contributed by atoms with E-state index in [1.54, 1.807) is 0 Å². The highest BCUT2D eigenvalue weighted by atomic mass is 16.1. The molecule has 132 valence electrons. The summed E-state index contributed by atoms with van der Waals surface area (Å²) in [4.78, 5) is 10.9. The molecule has 1 N–H and O–H groups in total. The Morgan fingerprint density at radius 1 is 1.04 bits per heavy atom. The van der Waals surface area contributed by atoms with Crippen molar-refractivity contribution in [2.24, 2.45) is 5.92 Å². The number of rotatable bonds is 7. The maximum absolute atomic E-state index is 10.9. The van der Waals surface area contributed by atoms with E-state index in [-0.39, 0.29) is 12.5 Å². The lowest BCUT2D eigenvalue weighted by atomic mass is 9.37. The van der Waals surface area contributed by atoms with Crippen molar-refractivity contribution in [1.29, 1.82) is 5.26 Å². The van der Waals surface area contributed by atoms with E-state index in [9.17, 15) is 10.1 Å². The Kier molecular flexibility index (Phi) is 4.94. The topological polar surface area (TPSA) is 52.9 Å². The van der Waals surface area contributed by atoms with E-state index in [1.165, 1.54) is 23.6 Å². The largest absolute Gasteiger partial charge is 0.329 e. The first kappa shape index (κ1) is 17.4. The molecule has 27 heavy (non-hydrogen) atoms. The lowest BCUT2D eigenvalue weighted by Gasteiger charge is -2.22. The Bertz CT molecular complexity index is 1010. The molecule has 1 aliphatic rings. The third-order valence-electron chi connectivity index (χ3n) is 5.46. The number of nitriles is 1. The third kappa shape index (κ3) is 3.88. The monoisotopic (exact) mass is 352 g/mol. The molecule has 1 atom stereocenters. The normalized spacial score (nSPS) is 14.3. The average molecular weight is 352 g/mol. The van der Waals surface area contributed by atoms with Gasteiger partial charge in [-0.2, -0.15) is 0 Å². The summed E-state index contributed by atoms with van der Waals surface area (Å²) in [6, 6.07) is 22.7. The SMILES string of the molecule is N#CB(CC1CC1)C(c1cccc(NC=O)c1)c1ccc2ccccc2c1. The number of amides is 1. The number of fused-ring (bicyclic) bond motifs is 1. The number of hydrogen-bond donors (Lipinski definition) is 1. The van der Waals surface area contributed by atoms with Crippen molar-refractivity contribution in [3.63, 3.8) is 0 Å². The Morgan fingerprint density at radius 2 is 1.81 bits per heavy atom. The van der Waals surface area contributed by atoms with E-state index in [4.69, 9.17) is 0 Å². The van der Waals surface area contributed by atoms with Gasteiger partial charge in [0.25, 0.3) is 6.71 Å². The highest BCUT2D eigenvalue weighted by Crippen LogP contribution is 2.39. The van der Waals surface area contributed by atoms with Crippen LogP contribution in [-0.2, 0) is 4.79 Å². The van der Waals surface area contributed by atoms with E-state index in [0.717, 1.165) is 23.1 Å². The van der Waals surface area contributed by atoms with Crippen molar-refractivity contribution in [3.05, 3.63) is 77.9 Å². The summed E-state index contributed by atoms with van der Waals surface area (Å²) in [5, 5.41) is 15.1. The van der Waals surface area contributed by atoms with Gasteiger partial charge < -0.3 is 5.32 Å². The van der Waals surface area contributed by atoms with Crippen LogP contribution in [-0.4, -0.2) is 13.1 Å². The fourth-order valence-electron chi connectivity index (χ4n) is 3.92. The first-order valence-electron chi connectivity index (χ1n) is 9.47. The van der Waals surface area contributed by atoms with Crippen molar-refractivity contribution < 1.29 is 4.79 Å². The Labute approximate surface area is 160 Å². The van der Waals surface area contributed by atoms with Gasteiger partial charge >= 0.3 is 0 Å². The fraction of sp³-hybridized carbons (Fsp3) is 0.217. The number of carbonyl (C=O) groups is 1. The van der Waals surface area contributed by atoms with Crippen LogP contribution in [0.25, 0.3) is 10.8 Å². The molecule has 0 spiro atoms. The van der Waals surface area contributed by atoms with Crippen LogP contribution in [0.3, 0.4) is 0 Å². The molecular formula is C23H21BN2O. The summed E-state index contributed by atoms with van der Waals surface area (Å²) < 4.78 is 0. The summed E-state index contributed by atoms with van der Waals surface area (Å²) in [7, 11) is 0. The lowest BCUT2D eigenvalue weighted by molar-refractivity contribution is -0.105. The molecule has 0 heterocycles. The lowest BCUT2D eigenvalue weighted by Crippen LogP contribution is -2.24. The van der Waals surface area contributed by atoms with Gasteiger partial charge in [-0.15, -0.1) is 0 Å². The Morgan fingerprint density at radius 3 is 2.56 bits per heavy atom. The maximum Gasteiger partial charge on any atom is 0.280 e. The maximum atomic E-state index is 10.9. The minimum Gasteiger partial charge on any atom is -0.329 e. The van der Waals surface area contributed by atoms with E-state index in [2.05, 4.69) is 47.7 Å². The quantitative estimate of drug-likeness (QED) is 0.478. The number of nitrogens with one attached hydrogen (secondary N) is 1. The van der Waals surface area contributed by atoms with Gasteiger partial charge in [0.2, 0.25) is 6.41 Å². The molecule has 0 saturated heterocycles. The second kappa shape index (κ2) is 7.67. The molecule has 4 rings (SSSR count). The van der Waals surface area contributed by atoms with Crippen LogP contribution in [0.15, 0.2) is 66.7 Å². The zero-order valence-electron chi connectivity index (χ0n) is 15.1. The van der Waals surface area contributed by atoms with E-state index >= 15 is 0 Å². The van der Waals surface area contributed by atoms with Gasteiger partial charge in [0.05, 0.1) is 0 Å². The van der Waals surface area contributed by atoms with Crippen LogP contribution in [0.2, 0.25) is 6.32 Å². The fourth-order valence-corrected chi connectivity index (χ4v) is 3.92. The molecule has 1 unspecified atom stereocenters. The minimum absolute atomic E-state index is 0.00592. The van der Waals surface area contributed by atoms with Gasteiger partial charge in [0, 0.05) is 17.5 Å². The predicted molar refractivity (Wildman–Crippen MR) is 111 cm³/mol. The molecule has 3 aromatic carbocycles. The van der Waals surface area contributed by atoms with Crippen LogP contribution in [0.4, 0.5) is 5.69 Å². The Hall–Kier alpha value is -3.06. The van der Waals surface area contributed by atoms with E-state index < -0.39 is 0 Å². The van der Waals surface area contributed by atoms with Crippen molar-refractivity contribution in [1.82, 2.24) is 0 Å². The van der Waals surface area contributed by atoms with Crippen molar-refractivity contribution in [2.45, 2.75) is 25.0 Å². The van der Waals surface area contributed by atoms with Gasteiger partial charge in [-0.05, 0) is 39.9 Å². The molecule has 0 radical (unpaired) electrons. The minimum atomic E-state index is -0.0786. The first-order valence-corrected chi connectivity index (χ1v) is 9.47. The van der Waals surface area contributed by atoms with Crippen molar-refractivity contribution in [3.8, 4) is 5.97 Å². The molecule has 0 aliphatic heterocycles. The van der Waals surface area contributed by atoms with Gasteiger partial charge in [-0.3, -0.25) is 4.79 Å². The zero-order chi connectivity index (χ0) is 18.6. The molecule has 1 aliphatic carbocycles. The summed E-state index contributed by atoms with van der Waals surface area (Å²) in [6.07, 6.45) is 4.08. The number of benzene rings is 3. The van der Waals surface area contributed by atoms with Crippen LogP contribution in [0.5, 0.6) is 0 Å². The van der Waals surface area contributed by atoms with Crippen molar-refractivity contribution in [2.75, 3.05) is 5.32 Å². The molecule has 0 bridgehead atoms. The predicted octanol–water partition coefficient (Wildman–Crippen LogP) is 5.05. The van der Waals surface area contributed by atoms with Crippen LogP contribution in [0.1, 0.15) is 29.8 Å². The second-order valence-corrected chi connectivity index (χ2v) is 7.39. The summed E-state index contributed by atoms with van der Waals surface area (Å²) in [5.41, 5.74) is 2.99. The molecule has 3 aromatic rings. The second-order valence-electron chi connectivity index (χ2n) is 7.39. The molecule has 4 heteroatoms. The molecule has 1 amide bonds. The van der Waals surface area contributed by atoms with E-state index in [0.29, 0.717) is 12.3 Å². The number of anilines is 1. The number of carbonyl (C=O) groups excluding carboxylic acids is 1. The van der Waals surface area contributed by atoms with Gasteiger partial charge in [-0.1, -0.05) is 73.8 Å². The van der Waals surface area contributed by atoms with Gasteiger partial charge in [-0.25, -0.2) is 5.26 Å². The van der Waals surface area contributed by atoms with Crippen molar-refractivity contribution >= 4 is 29.6 Å². The Balaban J connectivity index is 1.79. The molecule has 1 fully saturated rings. The highest BCUT2D eigenvalue weighted by Gasteiger charge is 2.35. The molecular weight excluding hydrogens is 331 g/mol. The smallest absolute Gasteiger partial charge is 0.280 e. The molecule has 1 saturated carbocycles. The summed E-state index contributed by atoms with van der Waals surface area (Å²) in [5.74, 6) is 3.25. The average Bonchev–Trinajstić information content (AvgIpc) is 3.52. The van der Waals surface area contributed by atoms with Gasteiger partial charge in [0.15, 0.2) is 0 Å². The highest BCUT2D eigenvalue weighted by molar-refractivity contribution is 6.69.